The molecule has 4 aromatic rings. The zero-order chi connectivity index (χ0) is 24.6. The number of aromatic nitrogens is 1. The van der Waals surface area contributed by atoms with Gasteiger partial charge in [-0.15, -0.1) is 0 Å². The van der Waals surface area contributed by atoms with Crippen molar-refractivity contribution < 1.29 is 14.3 Å². The lowest BCUT2D eigenvalue weighted by atomic mass is 9.91. The van der Waals surface area contributed by atoms with Gasteiger partial charge >= 0.3 is 6.09 Å². The third kappa shape index (κ3) is 4.05. The lowest BCUT2D eigenvalue weighted by Gasteiger charge is -2.34. The average molecular weight is 468 g/mol. The third-order valence-electron chi connectivity index (χ3n) is 6.27. The number of carbonyl (C=O) groups is 2. The van der Waals surface area contributed by atoms with Crippen LogP contribution in [0.2, 0.25) is 0 Å². The van der Waals surface area contributed by atoms with Gasteiger partial charge in [0.25, 0.3) is 5.91 Å². The monoisotopic (exact) mass is 467 g/mol. The Hall–Kier alpha value is -4.06. The number of nitrogens with zero attached hydrogens (tertiary/aromatic N) is 1. The molecule has 1 aromatic heterocycles. The fourth-order valence-corrected chi connectivity index (χ4v) is 4.87. The maximum atomic E-state index is 13.1. The first-order valence-corrected chi connectivity index (χ1v) is 11.8. The van der Waals surface area contributed by atoms with Gasteiger partial charge in [-0.2, -0.15) is 0 Å². The molecule has 2 amide bonds. The Morgan fingerprint density at radius 1 is 0.971 bits per heavy atom. The molecule has 6 heteroatoms. The average Bonchev–Trinajstić information content (AvgIpc) is 3.35. The summed E-state index contributed by atoms with van der Waals surface area (Å²) >= 11 is 0. The molecule has 5 rings (SSSR count). The molecule has 0 aliphatic carbocycles. The number of alkyl carbamates (subject to hydrolysis) is 1. The van der Waals surface area contributed by atoms with Crippen LogP contribution in [0.5, 0.6) is 0 Å². The number of amides is 2. The standard InChI is InChI=1S/C29H29N3O3/c1-28(2,3)35-27(34)30-18-17-20-19-32(25-16-10-8-13-22(20)25)29(21-11-5-4-6-12-21)24-15-9-7-14-23(24)26(33)31-29/h4-16,19H,17-18H2,1-3H3,(H,30,34)(H,31,33)/t29-/m0/s1. The molecule has 0 bridgehead atoms. The highest BCUT2D eigenvalue weighted by atomic mass is 16.6. The molecule has 1 atom stereocenters. The van der Waals surface area contributed by atoms with Gasteiger partial charge in [-0.25, -0.2) is 4.79 Å². The zero-order valence-corrected chi connectivity index (χ0v) is 20.2. The molecule has 2 heterocycles. The highest BCUT2D eigenvalue weighted by molar-refractivity contribution is 6.01. The van der Waals surface area contributed by atoms with E-state index in [-0.39, 0.29) is 5.91 Å². The first-order chi connectivity index (χ1) is 16.8. The van der Waals surface area contributed by atoms with Crippen LogP contribution in [0, 0.1) is 0 Å². The number of hydrogen-bond acceptors (Lipinski definition) is 3. The first kappa shape index (κ1) is 22.7. The van der Waals surface area contributed by atoms with Gasteiger partial charge in [-0.05, 0) is 44.9 Å². The van der Waals surface area contributed by atoms with Crippen molar-refractivity contribution in [2.45, 2.75) is 38.5 Å². The molecule has 0 radical (unpaired) electrons. The summed E-state index contributed by atoms with van der Waals surface area (Å²) in [5, 5.41) is 7.24. The Kier molecular flexibility index (Phi) is 5.59. The van der Waals surface area contributed by atoms with Crippen LogP contribution in [-0.4, -0.2) is 28.7 Å². The number of nitrogens with one attached hydrogen (secondary N) is 2. The number of ether oxygens (including phenoxy) is 1. The Balaban J connectivity index is 1.59. The van der Waals surface area contributed by atoms with Crippen molar-refractivity contribution in [1.82, 2.24) is 15.2 Å². The van der Waals surface area contributed by atoms with Gasteiger partial charge in [0, 0.05) is 34.8 Å². The van der Waals surface area contributed by atoms with E-state index in [2.05, 4.69) is 33.5 Å². The molecule has 0 saturated heterocycles. The highest BCUT2D eigenvalue weighted by Crippen LogP contribution is 2.41. The van der Waals surface area contributed by atoms with Crippen molar-refractivity contribution in [3.05, 3.63) is 107 Å². The molecule has 0 fully saturated rings. The van der Waals surface area contributed by atoms with Crippen LogP contribution in [0.3, 0.4) is 0 Å². The quantitative estimate of drug-likeness (QED) is 0.424. The second-order valence-electron chi connectivity index (χ2n) is 9.80. The molecular weight excluding hydrogens is 438 g/mol. The molecular formula is C29H29N3O3. The van der Waals surface area contributed by atoms with Gasteiger partial charge in [-0.3, -0.25) is 4.79 Å². The van der Waals surface area contributed by atoms with Gasteiger partial charge in [-0.1, -0.05) is 66.7 Å². The second-order valence-corrected chi connectivity index (χ2v) is 9.80. The number of rotatable bonds is 5. The summed E-state index contributed by atoms with van der Waals surface area (Å²) in [5.41, 5.74) is 3.20. The lowest BCUT2D eigenvalue weighted by molar-refractivity contribution is 0.0528. The predicted octanol–water partition coefficient (Wildman–Crippen LogP) is 5.20. The van der Waals surface area contributed by atoms with E-state index in [4.69, 9.17) is 4.74 Å². The van der Waals surface area contributed by atoms with Crippen LogP contribution in [-0.2, 0) is 16.8 Å². The Bertz CT molecular complexity index is 1400. The van der Waals surface area contributed by atoms with Crippen LogP contribution in [0.15, 0.2) is 85.1 Å². The second kappa shape index (κ2) is 8.62. The topological polar surface area (TPSA) is 72.4 Å². The fourth-order valence-electron chi connectivity index (χ4n) is 4.87. The van der Waals surface area contributed by atoms with Crippen LogP contribution in [0.1, 0.15) is 47.8 Å². The minimum absolute atomic E-state index is 0.102. The van der Waals surface area contributed by atoms with Gasteiger partial charge in [0.15, 0.2) is 5.66 Å². The summed E-state index contributed by atoms with van der Waals surface area (Å²) in [7, 11) is 0. The summed E-state index contributed by atoms with van der Waals surface area (Å²) in [4.78, 5) is 25.3. The maximum Gasteiger partial charge on any atom is 0.407 e. The summed E-state index contributed by atoms with van der Waals surface area (Å²) < 4.78 is 7.53. The molecule has 1 aliphatic heterocycles. The molecule has 35 heavy (non-hydrogen) atoms. The highest BCUT2D eigenvalue weighted by Gasteiger charge is 2.46. The van der Waals surface area contributed by atoms with Gasteiger partial charge in [0.05, 0.1) is 5.52 Å². The van der Waals surface area contributed by atoms with E-state index in [0.717, 1.165) is 27.6 Å². The smallest absolute Gasteiger partial charge is 0.407 e. The normalized spacial score (nSPS) is 17.2. The van der Waals surface area contributed by atoms with Crippen LogP contribution in [0.25, 0.3) is 10.9 Å². The van der Waals surface area contributed by atoms with Crippen LogP contribution in [0.4, 0.5) is 4.79 Å². The molecule has 2 N–H and O–H groups in total. The first-order valence-electron chi connectivity index (χ1n) is 11.8. The van der Waals surface area contributed by atoms with Crippen molar-refractivity contribution in [2.75, 3.05) is 6.54 Å². The molecule has 0 spiro atoms. The minimum atomic E-state index is -0.884. The molecule has 6 nitrogen and oxygen atoms in total. The Labute approximate surface area is 204 Å². The van der Waals surface area contributed by atoms with Crippen molar-refractivity contribution in [2.24, 2.45) is 0 Å². The summed E-state index contributed by atoms with van der Waals surface area (Å²) in [6.07, 6.45) is 2.28. The zero-order valence-electron chi connectivity index (χ0n) is 20.2. The van der Waals surface area contributed by atoms with E-state index in [9.17, 15) is 9.59 Å². The number of benzene rings is 3. The third-order valence-corrected chi connectivity index (χ3v) is 6.27. The van der Waals surface area contributed by atoms with Gasteiger partial charge in [0.2, 0.25) is 0 Å². The van der Waals surface area contributed by atoms with E-state index < -0.39 is 17.4 Å². The van der Waals surface area contributed by atoms with Crippen molar-refractivity contribution in [1.29, 1.82) is 0 Å². The van der Waals surface area contributed by atoms with Crippen molar-refractivity contribution in [3.8, 4) is 0 Å². The molecule has 0 saturated carbocycles. The van der Waals surface area contributed by atoms with Crippen molar-refractivity contribution in [3.63, 3.8) is 0 Å². The minimum Gasteiger partial charge on any atom is -0.444 e. The van der Waals surface area contributed by atoms with Crippen molar-refractivity contribution >= 4 is 22.9 Å². The summed E-state index contributed by atoms with van der Waals surface area (Å²) in [6, 6.07) is 25.9. The van der Waals surface area contributed by atoms with E-state index in [0.29, 0.717) is 18.5 Å². The lowest BCUT2D eigenvalue weighted by Crippen LogP contribution is -2.46. The number of hydrogen-bond donors (Lipinski definition) is 2. The Morgan fingerprint density at radius 3 is 2.43 bits per heavy atom. The summed E-state index contributed by atoms with van der Waals surface area (Å²) in [6.45, 7) is 5.97. The molecule has 3 aromatic carbocycles. The largest absolute Gasteiger partial charge is 0.444 e. The Morgan fingerprint density at radius 2 is 1.66 bits per heavy atom. The van der Waals surface area contributed by atoms with Crippen LogP contribution < -0.4 is 10.6 Å². The molecule has 0 unspecified atom stereocenters. The number of fused-ring (bicyclic) bond motifs is 2. The van der Waals surface area contributed by atoms with Crippen LogP contribution >= 0.6 is 0 Å². The van der Waals surface area contributed by atoms with E-state index in [1.165, 1.54) is 0 Å². The van der Waals surface area contributed by atoms with Gasteiger partial charge in [0.1, 0.15) is 5.60 Å². The van der Waals surface area contributed by atoms with E-state index in [1.54, 1.807) is 0 Å². The fraction of sp³-hybridized carbons (Fsp3) is 0.241. The number of para-hydroxylation sites is 1. The van der Waals surface area contributed by atoms with E-state index >= 15 is 0 Å². The molecule has 178 valence electrons. The molecule has 1 aliphatic rings. The van der Waals surface area contributed by atoms with E-state index in [1.807, 2.05) is 87.5 Å². The maximum absolute atomic E-state index is 13.1. The van der Waals surface area contributed by atoms with Gasteiger partial charge < -0.3 is 19.9 Å². The summed E-state index contributed by atoms with van der Waals surface area (Å²) in [5.74, 6) is -0.102. The SMILES string of the molecule is CC(C)(C)OC(=O)NCCc1cn([C@]2(c3ccccc3)NC(=O)c3ccccc32)c2ccccc12. The number of carbonyl (C=O) groups excluding carboxylic acids is 2. The predicted molar refractivity (Wildman–Crippen MR) is 136 cm³/mol.